The van der Waals surface area contributed by atoms with E-state index in [2.05, 4.69) is 71.3 Å². The number of hydrogen-bond acceptors (Lipinski definition) is 1. The van der Waals surface area contributed by atoms with Gasteiger partial charge in [0.15, 0.2) is 0 Å². The van der Waals surface area contributed by atoms with E-state index >= 15 is 0 Å². The van der Waals surface area contributed by atoms with Crippen LogP contribution in [0.3, 0.4) is 0 Å². The van der Waals surface area contributed by atoms with Crippen LogP contribution in [-0.4, -0.2) is 10.5 Å². The zero-order valence-electron chi connectivity index (χ0n) is 9.89. The van der Waals surface area contributed by atoms with Crippen molar-refractivity contribution >= 4 is 26.8 Å². The van der Waals surface area contributed by atoms with Crippen molar-refractivity contribution in [3.63, 3.8) is 0 Å². The largest absolute Gasteiger partial charge is 0.356 e. The number of para-hydroxylation sites is 1. The summed E-state index contributed by atoms with van der Waals surface area (Å²) in [6, 6.07) is 8.43. The second-order valence-corrected chi connectivity index (χ2v) is 5.96. The Hall–Kier alpha value is -0.800. The fourth-order valence-electron chi connectivity index (χ4n) is 1.63. The van der Waals surface area contributed by atoms with Crippen LogP contribution in [0.5, 0.6) is 0 Å². The van der Waals surface area contributed by atoms with Gasteiger partial charge in [-0.25, -0.2) is 0 Å². The highest BCUT2D eigenvalue weighted by Gasteiger charge is 2.10. The van der Waals surface area contributed by atoms with Gasteiger partial charge >= 0.3 is 0 Å². The van der Waals surface area contributed by atoms with Gasteiger partial charge in [0.1, 0.15) is 0 Å². The minimum absolute atomic E-state index is 0.147. The normalized spacial score (nSPS) is 12.2. The molecule has 0 saturated heterocycles. The van der Waals surface area contributed by atoms with Gasteiger partial charge in [0.2, 0.25) is 0 Å². The van der Waals surface area contributed by atoms with E-state index in [1.54, 1.807) is 0 Å². The van der Waals surface area contributed by atoms with Crippen molar-refractivity contribution in [2.24, 2.45) is 0 Å². The zero-order valence-corrected chi connectivity index (χ0v) is 11.5. The number of fused-ring (bicyclic) bond motifs is 1. The summed E-state index contributed by atoms with van der Waals surface area (Å²) < 4.78 is 1.12. The molecule has 16 heavy (non-hydrogen) atoms. The standard InChI is InChI=1S/C13H17BrN2/c1-13(2,3)15-8-10-7-9-5-4-6-11(14)12(9)16-10/h4-7,15-16H,8H2,1-3H3. The monoisotopic (exact) mass is 280 g/mol. The number of nitrogens with one attached hydrogen (secondary N) is 2. The summed E-state index contributed by atoms with van der Waals surface area (Å²) in [6.45, 7) is 7.38. The van der Waals surface area contributed by atoms with Crippen LogP contribution in [0, 0.1) is 0 Å². The van der Waals surface area contributed by atoms with E-state index in [1.807, 2.05) is 0 Å². The molecular formula is C13H17BrN2. The van der Waals surface area contributed by atoms with E-state index in [1.165, 1.54) is 16.6 Å². The molecule has 2 rings (SSSR count). The predicted octanol–water partition coefficient (Wildman–Crippen LogP) is 3.82. The molecule has 1 heterocycles. The first-order valence-electron chi connectivity index (χ1n) is 5.47. The fourth-order valence-corrected chi connectivity index (χ4v) is 2.11. The van der Waals surface area contributed by atoms with Crippen molar-refractivity contribution in [3.8, 4) is 0 Å². The molecule has 0 aliphatic heterocycles. The molecule has 1 aromatic heterocycles. The number of aromatic nitrogens is 1. The SMILES string of the molecule is CC(C)(C)NCc1cc2cccc(Br)c2[nH]1. The molecule has 0 unspecified atom stereocenters. The van der Waals surface area contributed by atoms with E-state index < -0.39 is 0 Å². The highest BCUT2D eigenvalue weighted by atomic mass is 79.9. The number of benzene rings is 1. The number of rotatable bonds is 2. The molecule has 0 saturated carbocycles. The van der Waals surface area contributed by atoms with E-state index in [0.717, 1.165) is 11.0 Å². The molecule has 2 N–H and O–H groups in total. The predicted molar refractivity (Wildman–Crippen MR) is 72.6 cm³/mol. The summed E-state index contributed by atoms with van der Waals surface area (Å²) in [4.78, 5) is 3.43. The molecule has 0 radical (unpaired) electrons. The van der Waals surface area contributed by atoms with Crippen LogP contribution in [0.25, 0.3) is 10.9 Å². The van der Waals surface area contributed by atoms with Crippen molar-refractivity contribution < 1.29 is 0 Å². The Kier molecular flexibility index (Phi) is 3.08. The average Bonchev–Trinajstić information content (AvgIpc) is 2.58. The van der Waals surface area contributed by atoms with Crippen LogP contribution in [0.15, 0.2) is 28.7 Å². The highest BCUT2D eigenvalue weighted by Crippen LogP contribution is 2.23. The fraction of sp³-hybridized carbons (Fsp3) is 0.385. The van der Waals surface area contributed by atoms with Crippen molar-refractivity contribution in [2.45, 2.75) is 32.9 Å². The average molecular weight is 281 g/mol. The summed E-state index contributed by atoms with van der Waals surface area (Å²) in [6.07, 6.45) is 0. The Morgan fingerprint density at radius 2 is 2.06 bits per heavy atom. The van der Waals surface area contributed by atoms with Gasteiger partial charge in [-0.1, -0.05) is 12.1 Å². The molecule has 0 spiro atoms. The van der Waals surface area contributed by atoms with Crippen molar-refractivity contribution in [1.82, 2.24) is 10.3 Å². The van der Waals surface area contributed by atoms with Crippen LogP contribution in [-0.2, 0) is 6.54 Å². The molecule has 0 aliphatic carbocycles. The number of hydrogen-bond donors (Lipinski definition) is 2. The van der Waals surface area contributed by atoms with Crippen molar-refractivity contribution in [3.05, 3.63) is 34.4 Å². The first kappa shape index (κ1) is 11.7. The summed E-state index contributed by atoms with van der Waals surface area (Å²) >= 11 is 3.55. The third kappa shape index (κ3) is 2.66. The first-order chi connectivity index (χ1) is 7.46. The van der Waals surface area contributed by atoms with Crippen LogP contribution in [0.4, 0.5) is 0 Å². The van der Waals surface area contributed by atoms with Gasteiger partial charge in [-0.3, -0.25) is 0 Å². The first-order valence-corrected chi connectivity index (χ1v) is 6.26. The Labute approximate surface area is 105 Å². The second-order valence-electron chi connectivity index (χ2n) is 5.10. The summed E-state index contributed by atoms with van der Waals surface area (Å²) in [5.74, 6) is 0. The maximum atomic E-state index is 3.55. The Bertz CT molecular complexity index is 494. The van der Waals surface area contributed by atoms with Crippen molar-refractivity contribution in [2.75, 3.05) is 0 Å². The summed E-state index contributed by atoms with van der Waals surface area (Å²) in [5.41, 5.74) is 2.54. The van der Waals surface area contributed by atoms with Gasteiger partial charge in [0, 0.05) is 27.6 Å². The van der Waals surface area contributed by atoms with Gasteiger partial charge in [-0.15, -0.1) is 0 Å². The third-order valence-electron chi connectivity index (χ3n) is 2.47. The summed E-state index contributed by atoms with van der Waals surface area (Å²) in [7, 11) is 0. The topological polar surface area (TPSA) is 27.8 Å². The van der Waals surface area contributed by atoms with Gasteiger partial charge in [0.05, 0.1) is 5.52 Å². The van der Waals surface area contributed by atoms with E-state index in [-0.39, 0.29) is 5.54 Å². The van der Waals surface area contributed by atoms with E-state index in [9.17, 15) is 0 Å². The molecule has 0 atom stereocenters. The lowest BCUT2D eigenvalue weighted by Gasteiger charge is -2.19. The van der Waals surface area contributed by atoms with Crippen LogP contribution in [0.2, 0.25) is 0 Å². The van der Waals surface area contributed by atoms with Gasteiger partial charge in [-0.2, -0.15) is 0 Å². The van der Waals surface area contributed by atoms with Gasteiger partial charge in [0.25, 0.3) is 0 Å². The molecule has 3 heteroatoms. The van der Waals surface area contributed by atoms with Gasteiger partial charge in [-0.05, 0) is 48.8 Å². The second kappa shape index (κ2) is 4.22. The Balaban J connectivity index is 2.24. The molecule has 2 nitrogen and oxygen atoms in total. The van der Waals surface area contributed by atoms with Crippen LogP contribution >= 0.6 is 15.9 Å². The van der Waals surface area contributed by atoms with E-state index in [4.69, 9.17) is 0 Å². The van der Waals surface area contributed by atoms with E-state index in [0.29, 0.717) is 0 Å². The third-order valence-corrected chi connectivity index (χ3v) is 3.13. The van der Waals surface area contributed by atoms with Crippen LogP contribution in [0.1, 0.15) is 26.5 Å². The maximum Gasteiger partial charge on any atom is 0.0600 e. The molecular weight excluding hydrogens is 264 g/mol. The lowest BCUT2D eigenvalue weighted by molar-refractivity contribution is 0.422. The molecule has 1 aromatic carbocycles. The van der Waals surface area contributed by atoms with Crippen molar-refractivity contribution in [1.29, 1.82) is 0 Å². The Morgan fingerprint density at radius 3 is 2.69 bits per heavy atom. The number of halogens is 1. The molecule has 0 aliphatic rings. The van der Waals surface area contributed by atoms with Crippen LogP contribution < -0.4 is 5.32 Å². The smallest absolute Gasteiger partial charge is 0.0600 e. The molecule has 0 amide bonds. The quantitative estimate of drug-likeness (QED) is 0.860. The Morgan fingerprint density at radius 1 is 1.31 bits per heavy atom. The lowest BCUT2D eigenvalue weighted by Crippen LogP contribution is -2.35. The molecule has 0 bridgehead atoms. The summed E-state index contributed by atoms with van der Waals surface area (Å²) in [5, 5.41) is 4.72. The highest BCUT2D eigenvalue weighted by molar-refractivity contribution is 9.10. The number of aromatic amines is 1. The zero-order chi connectivity index (χ0) is 11.8. The number of H-pyrrole nitrogens is 1. The lowest BCUT2D eigenvalue weighted by atomic mass is 10.1. The van der Waals surface area contributed by atoms with Gasteiger partial charge < -0.3 is 10.3 Å². The minimum Gasteiger partial charge on any atom is -0.356 e. The molecule has 2 aromatic rings. The minimum atomic E-state index is 0.147. The molecule has 86 valence electrons. The maximum absolute atomic E-state index is 3.55. The molecule has 0 fully saturated rings.